The van der Waals surface area contributed by atoms with Crippen molar-refractivity contribution in [1.82, 2.24) is 9.55 Å². The molecule has 18 heavy (non-hydrogen) atoms. The molecule has 6 nitrogen and oxygen atoms in total. The summed E-state index contributed by atoms with van der Waals surface area (Å²) < 4.78 is 1.90. The molecule has 1 aromatic rings. The van der Waals surface area contributed by atoms with Gasteiger partial charge in [0.05, 0.1) is 12.5 Å². The number of carbonyl (C=O) groups excluding carboxylic acids is 1. The number of ketones is 1. The van der Waals surface area contributed by atoms with Crippen molar-refractivity contribution < 1.29 is 14.7 Å². The highest BCUT2D eigenvalue weighted by Gasteiger charge is 2.30. The van der Waals surface area contributed by atoms with Crippen LogP contribution in [0, 0.1) is 5.92 Å². The number of aromatic nitrogens is 2. The van der Waals surface area contributed by atoms with Crippen LogP contribution in [0.15, 0.2) is 6.20 Å². The van der Waals surface area contributed by atoms with Crippen molar-refractivity contribution in [2.24, 2.45) is 5.92 Å². The van der Waals surface area contributed by atoms with Crippen LogP contribution in [0.25, 0.3) is 0 Å². The third kappa shape index (κ3) is 1.87. The molecule has 1 N–H and O–H groups in total. The summed E-state index contributed by atoms with van der Waals surface area (Å²) in [7, 11) is 0. The van der Waals surface area contributed by atoms with Gasteiger partial charge in [0.2, 0.25) is 0 Å². The SMILES string of the molecule is O=C1CCCN(c2cn3c(n2)CC(C(=O)O)C3)C1. The van der Waals surface area contributed by atoms with E-state index in [4.69, 9.17) is 5.11 Å². The molecule has 0 bridgehead atoms. The Hall–Kier alpha value is -1.85. The number of imidazole rings is 1. The fraction of sp³-hybridized carbons (Fsp3) is 0.583. The number of carbonyl (C=O) groups is 2. The fourth-order valence-electron chi connectivity index (χ4n) is 2.63. The number of Topliss-reactive ketones (excluding diaryl/α,β-unsaturated/α-hetero) is 1. The van der Waals surface area contributed by atoms with Crippen LogP contribution in [0.2, 0.25) is 0 Å². The Balaban J connectivity index is 1.76. The molecular weight excluding hydrogens is 234 g/mol. The zero-order valence-corrected chi connectivity index (χ0v) is 10.0. The van der Waals surface area contributed by atoms with Gasteiger partial charge < -0.3 is 14.6 Å². The van der Waals surface area contributed by atoms with E-state index in [0.717, 1.165) is 24.6 Å². The Morgan fingerprint density at radius 1 is 1.50 bits per heavy atom. The Labute approximate surface area is 104 Å². The molecule has 2 aliphatic rings. The molecule has 3 heterocycles. The number of carboxylic acids is 1. The topological polar surface area (TPSA) is 75.4 Å². The lowest BCUT2D eigenvalue weighted by Gasteiger charge is -2.25. The summed E-state index contributed by atoms with van der Waals surface area (Å²) >= 11 is 0. The Morgan fingerprint density at radius 3 is 3.00 bits per heavy atom. The van der Waals surface area contributed by atoms with E-state index in [1.54, 1.807) is 0 Å². The first-order chi connectivity index (χ1) is 8.63. The Morgan fingerprint density at radius 2 is 2.33 bits per heavy atom. The van der Waals surface area contributed by atoms with Crippen molar-refractivity contribution in [3.63, 3.8) is 0 Å². The van der Waals surface area contributed by atoms with E-state index in [1.807, 2.05) is 15.7 Å². The second kappa shape index (κ2) is 4.12. The van der Waals surface area contributed by atoms with Gasteiger partial charge in [-0.3, -0.25) is 9.59 Å². The maximum atomic E-state index is 11.4. The molecule has 2 aliphatic heterocycles. The highest BCUT2D eigenvalue weighted by atomic mass is 16.4. The summed E-state index contributed by atoms with van der Waals surface area (Å²) in [6, 6.07) is 0. The predicted octanol–water partition coefficient (Wildman–Crippen LogP) is 0.309. The van der Waals surface area contributed by atoms with Crippen molar-refractivity contribution in [3.05, 3.63) is 12.0 Å². The van der Waals surface area contributed by atoms with Crippen LogP contribution in [0.3, 0.4) is 0 Å². The first kappa shape index (κ1) is 11.3. The second-order valence-corrected chi connectivity index (χ2v) is 4.97. The van der Waals surface area contributed by atoms with Gasteiger partial charge in [-0.1, -0.05) is 0 Å². The average molecular weight is 249 g/mol. The zero-order chi connectivity index (χ0) is 12.7. The summed E-state index contributed by atoms with van der Waals surface area (Å²) in [6.07, 6.45) is 3.89. The highest BCUT2D eigenvalue weighted by molar-refractivity contribution is 5.84. The number of fused-ring (bicyclic) bond motifs is 1. The van der Waals surface area contributed by atoms with E-state index in [9.17, 15) is 9.59 Å². The fourth-order valence-corrected chi connectivity index (χ4v) is 2.63. The lowest BCUT2D eigenvalue weighted by molar-refractivity contribution is -0.141. The summed E-state index contributed by atoms with van der Waals surface area (Å²) in [5.41, 5.74) is 0. The molecule has 1 saturated heterocycles. The smallest absolute Gasteiger partial charge is 0.308 e. The maximum Gasteiger partial charge on any atom is 0.308 e. The van der Waals surface area contributed by atoms with Crippen LogP contribution in [0.4, 0.5) is 5.82 Å². The minimum atomic E-state index is -0.768. The lowest BCUT2D eigenvalue weighted by Crippen LogP contribution is -2.35. The quantitative estimate of drug-likeness (QED) is 0.816. The maximum absolute atomic E-state index is 11.4. The van der Waals surface area contributed by atoms with Gasteiger partial charge in [0, 0.05) is 32.1 Å². The minimum Gasteiger partial charge on any atom is -0.481 e. The third-order valence-electron chi connectivity index (χ3n) is 3.62. The van der Waals surface area contributed by atoms with Crippen molar-refractivity contribution in [2.75, 3.05) is 18.0 Å². The van der Waals surface area contributed by atoms with Gasteiger partial charge in [0.1, 0.15) is 11.6 Å². The predicted molar refractivity (Wildman–Crippen MR) is 63.5 cm³/mol. The Kier molecular flexibility index (Phi) is 2.57. The van der Waals surface area contributed by atoms with Gasteiger partial charge in [-0.25, -0.2) is 4.98 Å². The van der Waals surface area contributed by atoms with Crippen molar-refractivity contribution in [3.8, 4) is 0 Å². The van der Waals surface area contributed by atoms with Gasteiger partial charge in [-0.2, -0.15) is 0 Å². The number of hydrogen-bond acceptors (Lipinski definition) is 4. The van der Waals surface area contributed by atoms with Crippen LogP contribution in [0.5, 0.6) is 0 Å². The van der Waals surface area contributed by atoms with Crippen molar-refractivity contribution >= 4 is 17.6 Å². The zero-order valence-electron chi connectivity index (χ0n) is 10.0. The summed E-state index contributed by atoms with van der Waals surface area (Å²) in [4.78, 5) is 28.7. The van der Waals surface area contributed by atoms with Gasteiger partial charge >= 0.3 is 5.97 Å². The van der Waals surface area contributed by atoms with Crippen molar-refractivity contribution in [2.45, 2.75) is 25.8 Å². The van der Waals surface area contributed by atoms with Crippen LogP contribution >= 0.6 is 0 Å². The van der Waals surface area contributed by atoms with E-state index >= 15 is 0 Å². The van der Waals surface area contributed by atoms with E-state index < -0.39 is 5.97 Å². The third-order valence-corrected chi connectivity index (χ3v) is 3.62. The molecule has 0 aromatic carbocycles. The molecule has 1 unspecified atom stereocenters. The number of hydrogen-bond donors (Lipinski definition) is 1. The van der Waals surface area contributed by atoms with Gasteiger partial charge in [-0.15, -0.1) is 0 Å². The normalized spacial score (nSPS) is 23.2. The van der Waals surface area contributed by atoms with Gasteiger partial charge in [-0.05, 0) is 6.42 Å². The highest BCUT2D eigenvalue weighted by Crippen LogP contribution is 2.25. The molecule has 0 spiro atoms. The molecule has 0 radical (unpaired) electrons. The standard InChI is InChI=1S/C12H15N3O3/c16-9-2-1-3-14(6-9)11-7-15-5-8(12(17)18)4-10(15)13-11/h7-8H,1-6H2,(H,17,18). The number of carboxylic acid groups (broad SMARTS) is 1. The molecule has 1 atom stereocenters. The van der Waals surface area contributed by atoms with Crippen LogP contribution in [0.1, 0.15) is 18.7 Å². The molecule has 3 rings (SSSR count). The number of nitrogens with zero attached hydrogens (tertiary/aromatic N) is 3. The lowest BCUT2D eigenvalue weighted by atomic mass is 10.1. The summed E-state index contributed by atoms with van der Waals surface area (Å²) in [6.45, 7) is 1.77. The van der Waals surface area contributed by atoms with E-state index in [0.29, 0.717) is 25.9 Å². The monoisotopic (exact) mass is 249 g/mol. The minimum absolute atomic E-state index is 0.248. The molecule has 1 fully saturated rings. The largest absolute Gasteiger partial charge is 0.481 e. The molecule has 96 valence electrons. The van der Waals surface area contributed by atoms with E-state index in [2.05, 4.69) is 4.98 Å². The molecule has 0 aliphatic carbocycles. The summed E-state index contributed by atoms with van der Waals surface area (Å²) in [5, 5.41) is 8.96. The first-order valence-corrected chi connectivity index (χ1v) is 6.19. The number of aliphatic carboxylic acids is 1. The molecule has 6 heteroatoms. The molecule has 0 amide bonds. The van der Waals surface area contributed by atoms with Gasteiger partial charge in [0.25, 0.3) is 0 Å². The first-order valence-electron chi connectivity index (χ1n) is 6.19. The average Bonchev–Trinajstić information content (AvgIpc) is 2.86. The molecular formula is C12H15N3O3. The molecule has 0 saturated carbocycles. The van der Waals surface area contributed by atoms with Crippen molar-refractivity contribution in [1.29, 1.82) is 0 Å². The second-order valence-electron chi connectivity index (χ2n) is 4.97. The van der Waals surface area contributed by atoms with E-state index in [-0.39, 0.29) is 11.7 Å². The molecule has 1 aromatic heterocycles. The number of rotatable bonds is 2. The van der Waals surface area contributed by atoms with Gasteiger partial charge in [0.15, 0.2) is 5.78 Å². The van der Waals surface area contributed by atoms with Crippen LogP contribution < -0.4 is 4.90 Å². The van der Waals surface area contributed by atoms with Crippen LogP contribution in [-0.4, -0.2) is 39.5 Å². The number of piperidine rings is 1. The number of anilines is 1. The Bertz CT molecular complexity index is 485. The summed E-state index contributed by atoms with van der Waals surface area (Å²) in [5.74, 6) is 0.745. The van der Waals surface area contributed by atoms with Crippen LogP contribution in [-0.2, 0) is 22.6 Å². The van der Waals surface area contributed by atoms with E-state index in [1.165, 1.54) is 0 Å².